The number of nitrogens with one attached hydrogen (secondary N) is 1. The third-order valence-electron chi connectivity index (χ3n) is 3.71. The summed E-state index contributed by atoms with van der Waals surface area (Å²) in [6.45, 7) is 0.506. The number of fused-ring (bicyclic) bond motifs is 1. The lowest BCUT2D eigenvalue weighted by molar-refractivity contribution is -0.119. The van der Waals surface area contributed by atoms with Gasteiger partial charge in [0.15, 0.2) is 5.82 Å². The van der Waals surface area contributed by atoms with Crippen molar-refractivity contribution in [1.82, 2.24) is 20.2 Å². The molecule has 108 valence electrons. The van der Waals surface area contributed by atoms with E-state index in [2.05, 4.69) is 26.2 Å². The Bertz CT molecular complexity index is 894. The smallest absolute Gasteiger partial charge is 0.245 e. The highest BCUT2D eigenvalue weighted by Crippen LogP contribution is 2.34. The third-order valence-corrected chi connectivity index (χ3v) is 4.55. The number of amides is 1. The van der Waals surface area contributed by atoms with Gasteiger partial charge in [0.2, 0.25) is 5.91 Å². The van der Waals surface area contributed by atoms with Gasteiger partial charge in [0, 0.05) is 18.3 Å². The molecule has 0 spiro atoms. The molecule has 0 aliphatic carbocycles. The van der Waals surface area contributed by atoms with Crippen LogP contribution in [0.4, 0.5) is 5.82 Å². The van der Waals surface area contributed by atoms with Gasteiger partial charge < -0.3 is 0 Å². The molecule has 4 rings (SSSR count). The first-order valence-corrected chi connectivity index (χ1v) is 7.60. The molecule has 1 unspecified atom stereocenters. The van der Waals surface area contributed by atoms with Crippen LogP contribution in [0.25, 0.3) is 21.5 Å². The number of hydrogen-bond donors (Lipinski definition) is 1. The summed E-state index contributed by atoms with van der Waals surface area (Å²) in [6, 6.07) is 3.93. The van der Waals surface area contributed by atoms with Crippen LogP contribution in [-0.4, -0.2) is 32.6 Å². The molecule has 3 aromatic heterocycles. The topological polar surface area (TPSA) is 98.6 Å². The number of hydrogen-bond acceptors (Lipinski definition) is 6. The van der Waals surface area contributed by atoms with E-state index in [0.29, 0.717) is 24.5 Å². The first kappa shape index (κ1) is 12.9. The van der Waals surface area contributed by atoms with E-state index in [4.69, 9.17) is 5.26 Å². The molecule has 1 aliphatic rings. The van der Waals surface area contributed by atoms with E-state index in [1.54, 1.807) is 22.8 Å². The van der Waals surface area contributed by atoms with E-state index in [1.165, 1.54) is 11.3 Å². The summed E-state index contributed by atoms with van der Waals surface area (Å²) in [4.78, 5) is 22.9. The van der Waals surface area contributed by atoms with E-state index >= 15 is 0 Å². The maximum atomic E-state index is 12.3. The number of aromatic amines is 1. The van der Waals surface area contributed by atoms with Crippen LogP contribution in [0.3, 0.4) is 0 Å². The average molecular weight is 310 g/mol. The van der Waals surface area contributed by atoms with Crippen molar-refractivity contribution in [3.8, 4) is 17.3 Å². The number of rotatable bonds is 2. The Labute approximate surface area is 129 Å². The number of thiazole rings is 1. The second kappa shape index (κ2) is 4.89. The lowest BCUT2D eigenvalue weighted by Gasteiger charge is -2.16. The lowest BCUT2D eigenvalue weighted by Crippen LogP contribution is -2.27. The third kappa shape index (κ3) is 1.87. The summed E-state index contributed by atoms with van der Waals surface area (Å²) < 4.78 is 0.860. The van der Waals surface area contributed by atoms with E-state index in [9.17, 15) is 4.79 Å². The zero-order valence-corrected chi connectivity index (χ0v) is 12.2. The van der Waals surface area contributed by atoms with Gasteiger partial charge in [-0.2, -0.15) is 10.4 Å². The fourth-order valence-corrected chi connectivity index (χ4v) is 3.35. The zero-order chi connectivity index (χ0) is 15.1. The second-order valence-electron chi connectivity index (χ2n) is 4.98. The molecule has 1 amide bonds. The lowest BCUT2D eigenvalue weighted by atomic mass is 10.1. The number of anilines is 1. The summed E-state index contributed by atoms with van der Waals surface area (Å²) in [5.41, 5.74) is 4.06. The first-order chi connectivity index (χ1) is 10.8. The van der Waals surface area contributed by atoms with Gasteiger partial charge in [-0.15, -0.1) is 11.3 Å². The molecule has 8 heteroatoms. The number of H-pyrrole nitrogens is 1. The number of aromatic nitrogens is 4. The normalized spacial score (nSPS) is 18.0. The Morgan fingerprint density at radius 1 is 1.50 bits per heavy atom. The van der Waals surface area contributed by atoms with Crippen molar-refractivity contribution < 1.29 is 4.79 Å². The van der Waals surface area contributed by atoms with E-state index in [0.717, 1.165) is 15.8 Å². The molecule has 1 atom stereocenters. The fraction of sp³-hybridized carbons (Fsp3) is 0.214. The molecule has 1 N–H and O–H groups in total. The van der Waals surface area contributed by atoms with Crippen LogP contribution in [0.2, 0.25) is 0 Å². The predicted molar refractivity (Wildman–Crippen MR) is 81.1 cm³/mol. The molecule has 1 fully saturated rings. The number of carbonyl (C=O) groups is 1. The average Bonchev–Trinajstić information content (AvgIpc) is 3.26. The standard InChI is InChI=1S/C14H10N6OS/c15-4-8-1-2-20(14(8)21)13-12-11(16-7-22-12)3-10(19-13)9-5-17-18-6-9/h3,5-8H,1-2H2,(H,17,18). The van der Waals surface area contributed by atoms with E-state index < -0.39 is 5.92 Å². The summed E-state index contributed by atoms with van der Waals surface area (Å²) in [6.07, 6.45) is 3.95. The van der Waals surface area contributed by atoms with Crippen LogP contribution in [0, 0.1) is 17.2 Å². The van der Waals surface area contributed by atoms with Crippen molar-refractivity contribution >= 4 is 33.3 Å². The van der Waals surface area contributed by atoms with Crippen molar-refractivity contribution in [2.45, 2.75) is 6.42 Å². The minimum Gasteiger partial charge on any atom is -0.294 e. The molecule has 4 heterocycles. The quantitative estimate of drug-likeness (QED) is 0.780. The Kier molecular flexibility index (Phi) is 2.87. The molecular weight excluding hydrogens is 300 g/mol. The van der Waals surface area contributed by atoms with Crippen molar-refractivity contribution in [2.24, 2.45) is 5.92 Å². The highest BCUT2D eigenvalue weighted by atomic mass is 32.1. The summed E-state index contributed by atoms with van der Waals surface area (Å²) >= 11 is 1.44. The highest BCUT2D eigenvalue weighted by Gasteiger charge is 2.34. The molecule has 1 saturated heterocycles. The van der Waals surface area contributed by atoms with Crippen LogP contribution in [0.1, 0.15) is 6.42 Å². The number of pyridine rings is 1. The molecular formula is C14H10N6OS. The summed E-state index contributed by atoms with van der Waals surface area (Å²) in [5.74, 6) is -0.185. The first-order valence-electron chi connectivity index (χ1n) is 6.72. The van der Waals surface area contributed by atoms with Crippen LogP contribution in [0.15, 0.2) is 24.0 Å². The Morgan fingerprint density at radius 2 is 2.41 bits per heavy atom. The molecule has 22 heavy (non-hydrogen) atoms. The minimum atomic E-state index is -0.581. The van der Waals surface area contributed by atoms with Gasteiger partial charge in [0.25, 0.3) is 0 Å². The molecule has 3 aromatic rings. The second-order valence-corrected chi connectivity index (χ2v) is 5.83. The van der Waals surface area contributed by atoms with Crippen molar-refractivity contribution in [1.29, 1.82) is 5.26 Å². The molecule has 0 saturated carbocycles. The van der Waals surface area contributed by atoms with Gasteiger partial charge in [0.1, 0.15) is 5.92 Å². The molecule has 1 aliphatic heterocycles. The van der Waals surface area contributed by atoms with Gasteiger partial charge in [-0.1, -0.05) is 0 Å². The Morgan fingerprint density at radius 3 is 3.14 bits per heavy atom. The molecule has 7 nitrogen and oxygen atoms in total. The molecule has 0 aromatic carbocycles. The highest BCUT2D eigenvalue weighted by molar-refractivity contribution is 7.17. The molecule has 0 bridgehead atoms. The number of carbonyl (C=O) groups excluding carboxylic acids is 1. The number of nitrogens with zero attached hydrogens (tertiary/aromatic N) is 5. The number of nitriles is 1. The van der Waals surface area contributed by atoms with E-state index in [-0.39, 0.29) is 5.91 Å². The maximum Gasteiger partial charge on any atom is 0.245 e. The monoisotopic (exact) mass is 310 g/mol. The van der Waals surface area contributed by atoms with Crippen molar-refractivity contribution in [3.63, 3.8) is 0 Å². The van der Waals surface area contributed by atoms with Crippen LogP contribution in [-0.2, 0) is 4.79 Å². The minimum absolute atomic E-state index is 0.186. The predicted octanol–water partition coefficient (Wildman–Crippen LogP) is 1.96. The SMILES string of the molecule is N#CC1CCN(c2nc(-c3cn[nH]c3)cc3ncsc23)C1=O. The summed E-state index contributed by atoms with van der Waals surface area (Å²) in [7, 11) is 0. The van der Waals surface area contributed by atoms with E-state index in [1.807, 2.05) is 6.07 Å². The van der Waals surface area contributed by atoms with Gasteiger partial charge in [-0.25, -0.2) is 9.97 Å². The van der Waals surface area contributed by atoms with Crippen LogP contribution < -0.4 is 4.90 Å². The largest absolute Gasteiger partial charge is 0.294 e. The van der Waals surface area contributed by atoms with Crippen molar-refractivity contribution in [3.05, 3.63) is 24.0 Å². The Balaban J connectivity index is 1.88. The van der Waals surface area contributed by atoms with Crippen LogP contribution >= 0.6 is 11.3 Å². The van der Waals surface area contributed by atoms with Crippen LogP contribution in [0.5, 0.6) is 0 Å². The van der Waals surface area contributed by atoms with Gasteiger partial charge in [-0.3, -0.25) is 14.8 Å². The maximum absolute atomic E-state index is 12.3. The van der Waals surface area contributed by atoms with Gasteiger partial charge in [0.05, 0.1) is 33.7 Å². The van der Waals surface area contributed by atoms with Crippen molar-refractivity contribution in [2.75, 3.05) is 11.4 Å². The van der Waals surface area contributed by atoms with Gasteiger partial charge in [-0.05, 0) is 12.5 Å². The molecule has 0 radical (unpaired) electrons. The summed E-state index contributed by atoms with van der Waals surface area (Å²) in [5, 5.41) is 15.7. The Hall–Kier alpha value is -2.79. The van der Waals surface area contributed by atoms with Gasteiger partial charge >= 0.3 is 0 Å². The fourth-order valence-electron chi connectivity index (χ4n) is 2.58. The zero-order valence-electron chi connectivity index (χ0n) is 11.4.